The number of anilines is 1. The molecular formula is C14H21ClN4S. The molecule has 1 aliphatic rings. The number of nitrogens with two attached hydrogens (primary N) is 1. The SMILES string of the molecule is CCCC(C(N)=S)N1CCN(c2ncccc2Cl)CC1. The van der Waals surface area contributed by atoms with Crippen LogP contribution in [0, 0.1) is 0 Å². The van der Waals surface area contributed by atoms with Crippen LogP contribution in [-0.4, -0.2) is 47.1 Å². The van der Waals surface area contributed by atoms with Crippen LogP contribution < -0.4 is 10.6 Å². The van der Waals surface area contributed by atoms with E-state index in [1.54, 1.807) is 6.20 Å². The minimum Gasteiger partial charge on any atom is -0.392 e. The van der Waals surface area contributed by atoms with Crippen LogP contribution in [0.5, 0.6) is 0 Å². The van der Waals surface area contributed by atoms with Crippen LogP contribution in [0.4, 0.5) is 5.82 Å². The fourth-order valence-corrected chi connectivity index (χ4v) is 3.14. The summed E-state index contributed by atoms with van der Waals surface area (Å²) in [6.07, 6.45) is 3.90. The van der Waals surface area contributed by atoms with Crippen LogP contribution in [0.25, 0.3) is 0 Å². The summed E-state index contributed by atoms with van der Waals surface area (Å²) < 4.78 is 0. The van der Waals surface area contributed by atoms with Crippen molar-refractivity contribution in [1.29, 1.82) is 0 Å². The zero-order valence-corrected chi connectivity index (χ0v) is 13.3. The Morgan fingerprint density at radius 2 is 2.15 bits per heavy atom. The maximum atomic E-state index is 6.20. The van der Waals surface area contributed by atoms with Gasteiger partial charge in [0.15, 0.2) is 0 Å². The van der Waals surface area contributed by atoms with E-state index in [4.69, 9.17) is 29.6 Å². The van der Waals surface area contributed by atoms with E-state index >= 15 is 0 Å². The van der Waals surface area contributed by atoms with Gasteiger partial charge in [0.05, 0.1) is 16.1 Å². The van der Waals surface area contributed by atoms with Crippen molar-refractivity contribution in [3.8, 4) is 0 Å². The minimum atomic E-state index is 0.219. The van der Waals surface area contributed by atoms with Crippen LogP contribution in [0.3, 0.4) is 0 Å². The van der Waals surface area contributed by atoms with Crippen molar-refractivity contribution in [2.75, 3.05) is 31.1 Å². The first-order valence-corrected chi connectivity index (χ1v) is 7.81. The summed E-state index contributed by atoms with van der Waals surface area (Å²) in [5, 5.41) is 0.709. The van der Waals surface area contributed by atoms with Crippen molar-refractivity contribution in [3.63, 3.8) is 0 Å². The highest BCUT2D eigenvalue weighted by molar-refractivity contribution is 7.80. The topological polar surface area (TPSA) is 45.4 Å². The standard InChI is InChI=1S/C14H21ClN4S/c1-2-4-12(13(16)20)18-7-9-19(10-8-18)14-11(15)5-3-6-17-14/h3,5-6,12H,2,4,7-10H2,1H3,(H2,16,20). The van der Waals surface area contributed by atoms with E-state index in [1.165, 1.54) is 0 Å². The molecule has 0 bridgehead atoms. The molecule has 6 heteroatoms. The molecule has 0 aliphatic carbocycles. The van der Waals surface area contributed by atoms with E-state index in [-0.39, 0.29) is 6.04 Å². The number of piperazine rings is 1. The highest BCUT2D eigenvalue weighted by Gasteiger charge is 2.26. The maximum Gasteiger partial charge on any atom is 0.147 e. The molecule has 4 nitrogen and oxygen atoms in total. The first-order valence-electron chi connectivity index (χ1n) is 7.02. The number of rotatable bonds is 5. The highest BCUT2D eigenvalue weighted by Crippen LogP contribution is 2.24. The summed E-state index contributed by atoms with van der Waals surface area (Å²) in [4.78, 5) is 9.57. The summed E-state index contributed by atoms with van der Waals surface area (Å²) in [5.41, 5.74) is 5.87. The number of thiocarbonyl (C=S) groups is 1. The van der Waals surface area contributed by atoms with Gasteiger partial charge in [-0.1, -0.05) is 37.2 Å². The summed E-state index contributed by atoms with van der Waals surface area (Å²) in [7, 11) is 0. The minimum absolute atomic E-state index is 0.219. The Bertz CT molecular complexity index is 460. The van der Waals surface area contributed by atoms with Crippen molar-refractivity contribution in [3.05, 3.63) is 23.4 Å². The van der Waals surface area contributed by atoms with Gasteiger partial charge in [0.1, 0.15) is 5.82 Å². The fraction of sp³-hybridized carbons (Fsp3) is 0.571. The van der Waals surface area contributed by atoms with Crippen LogP contribution in [0.1, 0.15) is 19.8 Å². The predicted molar refractivity (Wildman–Crippen MR) is 88.5 cm³/mol. The second-order valence-electron chi connectivity index (χ2n) is 5.04. The molecular weight excluding hydrogens is 292 g/mol. The fourth-order valence-electron chi connectivity index (χ4n) is 2.63. The Morgan fingerprint density at radius 3 is 2.70 bits per heavy atom. The van der Waals surface area contributed by atoms with Gasteiger partial charge in [0.2, 0.25) is 0 Å². The van der Waals surface area contributed by atoms with Gasteiger partial charge in [0, 0.05) is 32.4 Å². The van der Waals surface area contributed by atoms with Crippen molar-refractivity contribution < 1.29 is 0 Å². The molecule has 1 aromatic rings. The lowest BCUT2D eigenvalue weighted by Gasteiger charge is -2.39. The van der Waals surface area contributed by atoms with Crippen LogP contribution in [-0.2, 0) is 0 Å². The molecule has 0 aromatic carbocycles. The van der Waals surface area contributed by atoms with Gasteiger partial charge < -0.3 is 10.6 Å². The van der Waals surface area contributed by atoms with E-state index < -0.39 is 0 Å². The van der Waals surface area contributed by atoms with Gasteiger partial charge >= 0.3 is 0 Å². The number of nitrogens with zero attached hydrogens (tertiary/aromatic N) is 3. The average Bonchev–Trinajstić information content (AvgIpc) is 2.45. The average molecular weight is 313 g/mol. The Balaban J connectivity index is 1.98. The quantitative estimate of drug-likeness (QED) is 0.845. The van der Waals surface area contributed by atoms with E-state index in [1.807, 2.05) is 12.1 Å². The molecule has 2 N–H and O–H groups in total. The molecule has 1 fully saturated rings. The monoisotopic (exact) mass is 312 g/mol. The van der Waals surface area contributed by atoms with Crippen LogP contribution in [0.15, 0.2) is 18.3 Å². The summed E-state index contributed by atoms with van der Waals surface area (Å²) >= 11 is 11.4. The Labute approximate surface area is 130 Å². The Hall–Kier alpha value is -0.910. The molecule has 0 saturated carbocycles. The van der Waals surface area contributed by atoms with Gasteiger partial charge in [0.25, 0.3) is 0 Å². The molecule has 1 aromatic heterocycles. The summed E-state index contributed by atoms with van der Waals surface area (Å²) in [6.45, 7) is 5.85. The third-order valence-electron chi connectivity index (χ3n) is 3.68. The lowest BCUT2D eigenvalue weighted by Crippen LogP contribution is -2.54. The number of aromatic nitrogens is 1. The molecule has 1 saturated heterocycles. The molecule has 20 heavy (non-hydrogen) atoms. The molecule has 2 heterocycles. The Morgan fingerprint density at radius 1 is 1.45 bits per heavy atom. The number of hydrogen-bond acceptors (Lipinski definition) is 4. The van der Waals surface area contributed by atoms with Crippen molar-refractivity contribution in [2.24, 2.45) is 5.73 Å². The molecule has 0 radical (unpaired) electrons. The molecule has 110 valence electrons. The molecule has 0 amide bonds. The largest absolute Gasteiger partial charge is 0.392 e. The first kappa shape index (κ1) is 15.5. The van der Waals surface area contributed by atoms with E-state index in [0.29, 0.717) is 10.0 Å². The number of hydrogen-bond donors (Lipinski definition) is 1. The lowest BCUT2D eigenvalue weighted by molar-refractivity contribution is 0.219. The highest BCUT2D eigenvalue weighted by atomic mass is 35.5. The number of pyridine rings is 1. The normalized spacial score (nSPS) is 18.0. The molecule has 0 spiro atoms. The van der Waals surface area contributed by atoms with Gasteiger partial charge in [-0.2, -0.15) is 0 Å². The van der Waals surface area contributed by atoms with Gasteiger partial charge in [-0.3, -0.25) is 4.90 Å². The molecule has 1 unspecified atom stereocenters. The molecule has 1 atom stereocenters. The van der Waals surface area contributed by atoms with E-state index in [2.05, 4.69) is 21.7 Å². The van der Waals surface area contributed by atoms with Crippen molar-refractivity contribution >= 4 is 34.6 Å². The first-order chi connectivity index (χ1) is 9.63. The van der Waals surface area contributed by atoms with Crippen molar-refractivity contribution in [1.82, 2.24) is 9.88 Å². The molecule has 1 aliphatic heterocycles. The summed E-state index contributed by atoms with van der Waals surface area (Å²) in [5.74, 6) is 0.871. The zero-order valence-electron chi connectivity index (χ0n) is 11.8. The third-order valence-corrected chi connectivity index (χ3v) is 4.25. The second kappa shape index (κ2) is 7.20. The van der Waals surface area contributed by atoms with Crippen LogP contribution in [0.2, 0.25) is 5.02 Å². The lowest BCUT2D eigenvalue weighted by atomic mass is 10.1. The smallest absolute Gasteiger partial charge is 0.147 e. The molecule has 2 rings (SSSR count). The van der Waals surface area contributed by atoms with E-state index in [9.17, 15) is 0 Å². The third kappa shape index (κ3) is 3.59. The van der Waals surface area contributed by atoms with E-state index in [0.717, 1.165) is 44.8 Å². The second-order valence-corrected chi connectivity index (χ2v) is 5.92. The Kier molecular flexibility index (Phi) is 5.57. The van der Waals surface area contributed by atoms with Crippen molar-refractivity contribution in [2.45, 2.75) is 25.8 Å². The van der Waals surface area contributed by atoms with Gasteiger partial charge in [-0.15, -0.1) is 0 Å². The van der Waals surface area contributed by atoms with Crippen LogP contribution >= 0.6 is 23.8 Å². The zero-order chi connectivity index (χ0) is 14.5. The van der Waals surface area contributed by atoms with Gasteiger partial charge in [-0.25, -0.2) is 4.98 Å². The predicted octanol–water partition coefficient (Wildman–Crippen LogP) is 2.31. The maximum absolute atomic E-state index is 6.20. The van der Waals surface area contributed by atoms with Gasteiger partial charge in [-0.05, 0) is 18.6 Å². The number of halogens is 1. The summed E-state index contributed by atoms with van der Waals surface area (Å²) in [6, 6.07) is 3.95.